The van der Waals surface area contributed by atoms with Crippen LogP contribution in [0.15, 0.2) is 52.9 Å². The molecule has 0 saturated carbocycles. The Balaban J connectivity index is 1.99. The maximum Gasteiger partial charge on any atom is 0.270 e. The van der Waals surface area contributed by atoms with Crippen molar-refractivity contribution in [2.24, 2.45) is 0 Å². The van der Waals surface area contributed by atoms with E-state index < -0.39 is 16.6 Å². The van der Waals surface area contributed by atoms with Crippen LogP contribution in [0.3, 0.4) is 0 Å². The van der Waals surface area contributed by atoms with Crippen LogP contribution >= 0.6 is 0 Å². The second-order valence-electron chi connectivity index (χ2n) is 4.93. The highest BCUT2D eigenvalue weighted by Crippen LogP contribution is 2.20. The summed E-state index contributed by atoms with van der Waals surface area (Å²) in [7, 11) is 0. The number of fused-ring (bicyclic) bond motifs is 1. The number of amides is 1. The Morgan fingerprint density at radius 1 is 1.17 bits per heavy atom. The molecule has 1 aromatic heterocycles. The minimum atomic E-state index is -0.635. The fourth-order valence-electron chi connectivity index (χ4n) is 2.14. The monoisotopic (exact) mass is 327 g/mol. The Bertz CT molecular complexity index is 1010. The maximum absolute atomic E-state index is 12.9. The largest absolute Gasteiger partial charge is 0.438 e. The lowest BCUT2D eigenvalue weighted by atomic mass is 10.1. The van der Waals surface area contributed by atoms with Crippen molar-refractivity contribution in [3.63, 3.8) is 0 Å². The molecule has 0 fully saturated rings. The van der Waals surface area contributed by atoms with Gasteiger partial charge in [-0.15, -0.1) is 0 Å². The molecular weight excluding hydrogens is 317 g/mol. The second kappa shape index (κ2) is 5.92. The molecule has 1 heterocycles. The van der Waals surface area contributed by atoms with Gasteiger partial charge < -0.3 is 9.73 Å². The Morgan fingerprint density at radius 3 is 2.54 bits per heavy atom. The molecule has 0 radical (unpaired) electrons. The van der Waals surface area contributed by atoms with Gasteiger partial charge in [0.05, 0.1) is 4.92 Å². The first kappa shape index (κ1) is 15.3. The zero-order valence-electron chi connectivity index (χ0n) is 12.1. The molecule has 2 N–H and O–H groups in total. The van der Waals surface area contributed by atoms with Crippen molar-refractivity contribution in [3.8, 4) is 0 Å². The number of hydrogen-bond donors (Lipinski definition) is 2. The van der Waals surface area contributed by atoms with Crippen molar-refractivity contribution in [1.82, 2.24) is 0 Å². The zero-order valence-corrected chi connectivity index (χ0v) is 12.1. The number of nitrogens with one attached hydrogen (secondary N) is 2. The highest BCUT2D eigenvalue weighted by Gasteiger charge is 2.14. The van der Waals surface area contributed by atoms with Crippen molar-refractivity contribution in [1.29, 1.82) is 5.41 Å². The van der Waals surface area contributed by atoms with Crippen LogP contribution in [-0.4, -0.2) is 10.8 Å². The number of halogens is 1. The first-order valence-corrected chi connectivity index (χ1v) is 6.78. The molecule has 1 amide bonds. The molecule has 3 rings (SSSR count). The zero-order chi connectivity index (χ0) is 17.3. The minimum Gasteiger partial charge on any atom is -0.438 e. The van der Waals surface area contributed by atoms with Crippen molar-refractivity contribution in [3.05, 3.63) is 75.6 Å². The molecule has 3 aromatic rings. The summed E-state index contributed by atoms with van der Waals surface area (Å²) in [6, 6.07) is 10.3. The van der Waals surface area contributed by atoms with Crippen molar-refractivity contribution >= 4 is 28.3 Å². The molecule has 0 aliphatic rings. The molecule has 24 heavy (non-hydrogen) atoms. The summed E-state index contributed by atoms with van der Waals surface area (Å²) in [4.78, 5) is 22.5. The molecule has 0 saturated heterocycles. The number of non-ortho nitro benzene ring substituents is 1. The minimum absolute atomic E-state index is 0.0904. The average molecular weight is 327 g/mol. The first-order valence-electron chi connectivity index (χ1n) is 6.78. The Hall–Kier alpha value is -3.55. The molecule has 0 aliphatic heterocycles. The summed E-state index contributed by atoms with van der Waals surface area (Å²) in [5.41, 5.74) is -0.0208. The van der Waals surface area contributed by atoms with Gasteiger partial charge in [-0.05, 0) is 36.4 Å². The highest BCUT2D eigenvalue weighted by atomic mass is 19.1. The topological polar surface area (TPSA) is 109 Å². The van der Waals surface area contributed by atoms with E-state index in [4.69, 9.17) is 9.83 Å². The molecule has 8 heteroatoms. The van der Waals surface area contributed by atoms with Gasteiger partial charge in [0.25, 0.3) is 11.6 Å². The smallest absolute Gasteiger partial charge is 0.270 e. The quantitative estimate of drug-likeness (QED) is 0.568. The number of carbonyl (C=O) groups excluding carboxylic acids is 1. The molecule has 120 valence electrons. The molecule has 7 nitrogen and oxygen atoms in total. The predicted octanol–water partition coefficient (Wildman–Crippen LogP) is 3.21. The highest BCUT2D eigenvalue weighted by molar-refractivity contribution is 6.05. The summed E-state index contributed by atoms with van der Waals surface area (Å²) < 4.78 is 18.1. The summed E-state index contributed by atoms with van der Waals surface area (Å²) in [6.45, 7) is 0. The Morgan fingerprint density at radius 2 is 1.88 bits per heavy atom. The number of benzene rings is 2. The Labute approximate surface area is 134 Å². The number of rotatable bonds is 3. The third-order valence-corrected chi connectivity index (χ3v) is 3.31. The number of nitrogens with zero attached hydrogens (tertiary/aromatic N) is 1. The van der Waals surface area contributed by atoms with Crippen LogP contribution < -0.4 is 10.9 Å². The average Bonchev–Trinajstić information content (AvgIpc) is 2.55. The number of nitro groups is 1. The summed E-state index contributed by atoms with van der Waals surface area (Å²) in [5, 5.41) is 21.5. The van der Waals surface area contributed by atoms with E-state index in [2.05, 4.69) is 5.32 Å². The third-order valence-electron chi connectivity index (χ3n) is 3.31. The van der Waals surface area contributed by atoms with Crippen LogP contribution in [-0.2, 0) is 0 Å². The van der Waals surface area contributed by atoms with Crippen LogP contribution in [0.2, 0.25) is 0 Å². The Kier molecular flexibility index (Phi) is 3.78. The molecule has 0 spiro atoms. The fourth-order valence-corrected chi connectivity index (χ4v) is 2.14. The molecule has 0 unspecified atom stereocenters. The predicted molar refractivity (Wildman–Crippen MR) is 83.1 cm³/mol. The van der Waals surface area contributed by atoms with E-state index >= 15 is 0 Å². The van der Waals surface area contributed by atoms with Crippen molar-refractivity contribution in [2.75, 3.05) is 5.32 Å². The van der Waals surface area contributed by atoms with Crippen LogP contribution in [0.5, 0.6) is 0 Å². The summed E-state index contributed by atoms with van der Waals surface area (Å²) in [6.07, 6.45) is 0. The van der Waals surface area contributed by atoms with Gasteiger partial charge in [-0.25, -0.2) is 4.39 Å². The van der Waals surface area contributed by atoms with Crippen LogP contribution in [0.4, 0.5) is 15.8 Å². The standard InChI is InChI=1S/C16H10FN3O4/c17-10-1-3-11(4-2-10)19-16(21)13-8-9-7-12(20(22)23)5-6-14(9)24-15(13)18/h1-8,18H,(H,19,21). The lowest BCUT2D eigenvalue weighted by Gasteiger charge is -2.06. The SMILES string of the molecule is N=c1oc2ccc([N+](=O)[O-])cc2cc1C(=O)Nc1ccc(F)cc1. The van der Waals surface area contributed by atoms with E-state index in [0.29, 0.717) is 11.1 Å². The number of nitro benzene ring substituents is 1. The fraction of sp³-hybridized carbons (Fsp3) is 0. The molecule has 0 atom stereocenters. The van der Waals surface area contributed by atoms with Gasteiger partial charge in [-0.1, -0.05) is 0 Å². The lowest BCUT2D eigenvalue weighted by Crippen LogP contribution is -2.20. The molecule has 0 bridgehead atoms. The number of anilines is 1. The van der Waals surface area contributed by atoms with Crippen molar-refractivity contribution < 1.29 is 18.5 Å². The van der Waals surface area contributed by atoms with Crippen LogP contribution in [0, 0.1) is 21.3 Å². The van der Waals surface area contributed by atoms with Gasteiger partial charge in [-0.3, -0.25) is 20.3 Å². The van der Waals surface area contributed by atoms with Crippen LogP contribution in [0.1, 0.15) is 10.4 Å². The summed E-state index contributed by atoms with van der Waals surface area (Å²) >= 11 is 0. The number of hydrogen-bond acceptors (Lipinski definition) is 5. The lowest BCUT2D eigenvalue weighted by molar-refractivity contribution is -0.384. The van der Waals surface area contributed by atoms with Gasteiger partial charge in [0, 0.05) is 23.2 Å². The molecular formula is C16H10FN3O4. The van der Waals surface area contributed by atoms with E-state index in [1.807, 2.05) is 0 Å². The van der Waals surface area contributed by atoms with Gasteiger partial charge in [0.15, 0.2) is 0 Å². The number of carbonyl (C=O) groups is 1. The van der Waals surface area contributed by atoms with Gasteiger partial charge >= 0.3 is 0 Å². The van der Waals surface area contributed by atoms with E-state index in [9.17, 15) is 19.3 Å². The van der Waals surface area contributed by atoms with Crippen molar-refractivity contribution in [2.45, 2.75) is 0 Å². The van der Waals surface area contributed by atoms with Crippen LogP contribution in [0.25, 0.3) is 11.0 Å². The van der Waals surface area contributed by atoms with E-state index in [1.165, 1.54) is 48.5 Å². The van der Waals surface area contributed by atoms with Gasteiger partial charge in [-0.2, -0.15) is 0 Å². The summed E-state index contributed by atoms with van der Waals surface area (Å²) in [5.74, 6) is -1.08. The third kappa shape index (κ3) is 2.98. The van der Waals surface area contributed by atoms with E-state index in [0.717, 1.165) is 0 Å². The van der Waals surface area contributed by atoms with E-state index in [1.54, 1.807) is 0 Å². The maximum atomic E-state index is 12.9. The normalized spacial score (nSPS) is 10.5. The second-order valence-corrected chi connectivity index (χ2v) is 4.93. The molecule has 0 aliphatic carbocycles. The molecule has 2 aromatic carbocycles. The van der Waals surface area contributed by atoms with Gasteiger partial charge in [0.1, 0.15) is 17.0 Å². The first-order chi connectivity index (χ1) is 11.4. The van der Waals surface area contributed by atoms with E-state index in [-0.39, 0.29) is 22.4 Å². The van der Waals surface area contributed by atoms with Gasteiger partial charge in [0.2, 0.25) is 5.55 Å².